The van der Waals surface area contributed by atoms with Crippen LogP contribution in [0.2, 0.25) is 0 Å². The third-order valence-corrected chi connectivity index (χ3v) is 7.61. The highest BCUT2D eigenvalue weighted by molar-refractivity contribution is 5.63. The van der Waals surface area contributed by atoms with Crippen molar-refractivity contribution >= 4 is 12.3 Å². The molecule has 0 N–H and O–H groups in total. The predicted octanol–water partition coefficient (Wildman–Crippen LogP) is 12.2. The number of rotatable bonds is 30. The van der Waals surface area contributed by atoms with E-state index in [1.807, 2.05) is 0 Å². The van der Waals surface area contributed by atoms with E-state index < -0.39 is 12.3 Å². The summed E-state index contributed by atoms with van der Waals surface area (Å²) in [5, 5.41) is 0. The molecule has 0 radical (unpaired) electrons. The maximum Gasteiger partial charge on any atom is 0.549 e. The second-order valence-electron chi connectivity index (χ2n) is 11.6. The van der Waals surface area contributed by atoms with Gasteiger partial charge in [-0.25, -0.2) is 0 Å². The van der Waals surface area contributed by atoms with Gasteiger partial charge in [0.25, 0.3) is 0 Å². The highest BCUT2D eigenvalue weighted by atomic mass is 17.3. The Morgan fingerprint density at radius 2 is 0.525 bits per heavy atom. The summed E-state index contributed by atoms with van der Waals surface area (Å²) in [6.45, 7) is 5.07. The number of carbonyl (C=O) groups is 2. The molecule has 0 aliphatic heterocycles. The standard InChI is InChI=1S/C34H66O6/c1-3-5-7-9-11-13-15-17-19-21-23-25-27-29-31-37-33(35)39-40-34(36)38-32-30-28-26-24-22-20-18-16-14-12-10-8-6-4-2/h3-32H2,1-2H3. The number of carbonyl (C=O) groups excluding carboxylic acids is 2. The van der Waals surface area contributed by atoms with E-state index in [9.17, 15) is 9.59 Å². The Balaban J connectivity index is 3.27. The molecule has 6 heteroatoms. The fourth-order valence-electron chi connectivity index (χ4n) is 5.02. The van der Waals surface area contributed by atoms with Crippen LogP contribution in [0.5, 0.6) is 0 Å². The Morgan fingerprint density at radius 3 is 0.750 bits per heavy atom. The summed E-state index contributed by atoms with van der Waals surface area (Å²) in [6.07, 6.45) is 33.6. The van der Waals surface area contributed by atoms with Crippen LogP contribution < -0.4 is 0 Å². The number of ether oxygens (including phenoxy) is 2. The number of hydrogen-bond acceptors (Lipinski definition) is 6. The van der Waals surface area contributed by atoms with Gasteiger partial charge in [0.1, 0.15) is 0 Å². The van der Waals surface area contributed by atoms with Crippen molar-refractivity contribution in [2.45, 2.75) is 194 Å². The lowest BCUT2D eigenvalue weighted by Gasteiger charge is -2.06. The molecule has 0 unspecified atom stereocenters. The Morgan fingerprint density at radius 1 is 0.325 bits per heavy atom. The second-order valence-corrected chi connectivity index (χ2v) is 11.6. The van der Waals surface area contributed by atoms with Gasteiger partial charge in [0.2, 0.25) is 0 Å². The number of unbranched alkanes of at least 4 members (excludes halogenated alkanes) is 26. The van der Waals surface area contributed by atoms with E-state index >= 15 is 0 Å². The molecule has 0 amide bonds. The van der Waals surface area contributed by atoms with Gasteiger partial charge in [0.15, 0.2) is 0 Å². The van der Waals surface area contributed by atoms with Gasteiger partial charge < -0.3 is 9.47 Å². The van der Waals surface area contributed by atoms with Crippen LogP contribution in [-0.4, -0.2) is 25.5 Å². The van der Waals surface area contributed by atoms with Gasteiger partial charge in [-0.1, -0.05) is 181 Å². The summed E-state index contributed by atoms with van der Waals surface area (Å²) in [5.41, 5.74) is 0. The lowest BCUT2D eigenvalue weighted by atomic mass is 10.0. The van der Waals surface area contributed by atoms with Gasteiger partial charge in [-0.15, -0.1) is 0 Å². The first kappa shape index (κ1) is 38.5. The zero-order chi connectivity index (χ0) is 29.2. The monoisotopic (exact) mass is 570 g/mol. The summed E-state index contributed by atoms with van der Waals surface area (Å²) in [6, 6.07) is 0. The quantitative estimate of drug-likeness (QED) is 0.0370. The first-order valence-electron chi connectivity index (χ1n) is 17.4. The normalized spacial score (nSPS) is 10.9. The molecule has 0 rings (SSSR count). The molecule has 0 saturated carbocycles. The average Bonchev–Trinajstić information content (AvgIpc) is 2.96. The first-order valence-corrected chi connectivity index (χ1v) is 17.4. The molecule has 0 aliphatic rings. The van der Waals surface area contributed by atoms with Gasteiger partial charge in [-0.3, -0.25) is 0 Å². The van der Waals surface area contributed by atoms with Crippen molar-refractivity contribution in [3.8, 4) is 0 Å². The van der Waals surface area contributed by atoms with Crippen LogP contribution in [-0.2, 0) is 19.2 Å². The predicted molar refractivity (Wildman–Crippen MR) is 165 cm³/mol. The van der Waals surface area contributed by atoms with Crippen molar-refractivity contribution in [2.75, 3.05) is 13.2 Å². The van der Waals surface area contributed by atoms with Crippen LogP contribution in [0.15, 0.2) is 0 Å². The second kappa shape index (κ2) is 33.7. The van der Waals surface area contributed by atoms with Crippen LogP contribution >= 0.6 is 0 Å². The topological polar surface area (TPSA) is 71.1 Å². The van der Waals surface area contributed by atoms with Crippen LogP contribution in [0, 0.1) is 0 Å². The van der Waals surface area contributed by atoms with Gasteiger partial charge in [-0.05, 0) is 12.8 Å². The van der Waals surface area contributed by atoms with E-state index in [0.29, 0.717) is 0 Å². The van der Waals surface area contributed by atoms with E-state index in [1.54, 1.807) is 0 Å². The van der Waals surface area contributed by atoms with Crippen molar-refractivity contribution in [3.05, 3.63) is 0 Å². The molecule has 0 aromatic carbocycles. The Hall–Kier alpha value is -1.46. The van der Waals surface area contributed by atoms with Gasteiger partial charge in [0, 0.05) is 0 Å². The lowest BCUT2D eigenvalue weighted by Crippen LogP contribution is -2.14. The van der Waals surface area contributed by atoms with Crippen molar-refractivity contribution in [1.29, 1.82) is 0 Å². The summed E-state index contributed by atoms with van der Waals surface area (Å²) in [5.74, 6) is 0. The largest absolute Gasteiger partial charge is 0.549 e. The van der Waals surface area contributed by atoms with E-state index in [-0.39, 0.29) is 13.2 Å². The van der Waals surface area contributed by atoms with Crippen LogP contribution in [0.25, 0.3) is 0 Å². The minimum absolute atomic E-state index is 0.272. The number of hydrogen-bond donors (Lipinski definition) is 0. The molecule has 0 saturated heterocycles. The molecule has 238 valence electrons. The molecule has 40 heavy (non-hydrogen) atoms. The maximum absolute atomic E-state index is 11.5. The molecule has 0 atom stereocenters. The fourth-order valence-corrected chi connectivity index (χ4v) is 5.02. The third kappa shape index (κ3) is 32.8. The Bertz CT molecular complexity index is 479. The highest BCUT2D eigenvalue weighted by Crippen LogP contribution is 2.14. The van der Waals surface area contributed by atoms with Crippen molar-refractivity contribution in [2.24, 2.45) is 0 Å². The Kier molecular flexibility index (Phi) is 32.5. The van der Waals surface area contributed by atoms with Gasteiger partial charge >= 0.3 is 12.3 Å². The SMILES string of the molecule is CCCCCCCCCCCCCCCCOC(=O)OOC(=O)OCCCCCCCCCCCCCCCC. The molecular weight excluding hydrogens is 504 g/mol. The summed E-state index contributed by atoms with van der Waals surface area (Å²) < 4.78 is 9.87. The maximum atomic E-state index is 11.5. The first-order chi connectivity index (χ1) is 19.7. The van der Waals surface area contributed by atoms with E-state index in [1.165, 1.54) is 141 Å². The molecule has 0 fully saturated rings. The average molecular weight is 571 g/mol. The molecular formula is C34H66O6. The molecule has 6 nitrogen and oxygen atoms in total. The van der Waals surface area contributed by atoms with E-state index in [2.05, 4.69) is 23.6 Å². The van der Waals surface area contributed by atoms with Gasteiger partial charge in [-0.2, -0.15) is 19.4 Å². The molecule has 0 aromatic rings. The molecule has 0 heterocycles. The zero-order valence-electron chi connectivity index (χ0n) is 26.7. The van der Waals surface area contributed by atoms with Crippen LogP contribution in [0.1, 0.15) is 194 Å². The van der Waals surface area contributed by atoms with Crippen molar-refractivity contribution in [1.82, 2.24) is 0 Å². The smallest absolute Gasteiger partial charge is 0.432 e. The van der Waals surface area contributed by atoms with Gasteiger partial charge in [0.05, 0.1) is 13.2 Å². The summed E-state index contributed by atoms with van der Waals surface area (Å²) >= 11 is 0. The highest BCUT2D eigenvalue weighted by Gasteiger charge is 2.11. The van der Waals surface area contributed by atoms with Crippen molar-refractivity contribution in [3.63, 3.8) is 0 Å². The van der Waals surface area contributed by atoms with Crippen LogP contribution in [0.4, 0.5) is 9.59 Å². The molecule has 0 bridgehead atoms. The minimum atomic E-state index is -0.997. The van der Waals surface area contributed by atoms with E-state index in [0.717, 1.165) is 38.5 Å². The van der Waals surface area contributed by atoms with Crippen molar-refractivity contribution < 1.29 is 28.8 Å². The molecule has 0 aliphatic carbocycles. The zero-order valence-corrected chi connectivity index (χ0v) is 26.7. The Labute approximate surface area is 247 Å². The third-order valence-electron chi connectivity index (χ3n) is 7.61. The van der Waals surface area contributed by atoms with Crippen LogP contribution in [0.3, 0.4) is 0 Å². The lowest BCUT2D eigenvalue weighted by molar-refractivity contribution is -0.217. The summed E-state index contributed by atoms with van der Waals surface area (Å²) in [4.78, 5) is 31.8. The van der Waals surface area contributed by atoms with E-state index in [4.69, 9.17) is 9.47 Å². The fraction of sp³-hybridized carbons (Fsp3) is 0.941. The molecule has 0 spiro atoms. The molecule has 0 aromatic heterocycles. The summed E-state index contributed by atoms with van der Waals surface area (Å²) in [7, 11) is 0. The minimum Gasteiger partial charge on any atom is -0.432 e.